The number of amides is 1. The monoisotopic (exact) mass is 269 g/mol. The summed E-state index contributed by atoms with van der Waals surface area (Å²) >= 11 is 3.59. The number of nitrogens with zero attached hydrogens (tertiary/aromatic N) is 1. The highest BCUT2D eigenvalue weighted by atomic mass is 32.2. The molecule has 0 unspecified atom stereocenters. The predicted octanol–water partition coefficient (Wildman–Crippen LogP) is 3.66. The van der Waals surface area contributed by atoms with Crippen LogP contribution in [-0.4, -0.2) is 29.6 Å². The Balaban J connectivity index is 2.20. The summed E-state index contributed by atoms with van der Waals surface area (Å²) in [5.41, 5.74) is 1.01. The van der Waals surface area contributed by atoms with Crippen LogP contribution in [0.4, 0.5) is 0 Å². The van der Waals surface area contributed by atoms with E-state index in [1.807, 2.05) is 16.7 Å². The van der Waals surface area contributed by atoms with Crippen molar-refractivity contribution < 1.29 is 4.79 Å². The van der Waals surface area contributed by atoms with Crippen molar-refractivity contribution in [1.82, 2.24) is 4.90 Å². The number of thioether (sulfide) groups is 1. The van der Waals surface area contributed by atoms with Gasteiger partial charge in [-0.15, -0.1) is 23.1 Å². The number of fused-ring (bicyclic) bond motifs is 1. The van der Waals surface area contributed by atoms with Crippen molar-refractivity contribution in [1.29, 1.82) is 0 Å². The van der Waals surface area contributed by atoms with E-state index in [4.69, 9.17) is 0 Å². The van der Waals surface area contributed by atoms with E-state index in [0.29, 0.717) is 0 Å². The Kier molecular flexibility index (Phi) is 4.51. The molecule has 0 saturated heterocycles. The van der Waals surface area contributed by atoms with E-state index in [1.54, 1.807) is 11.3 Å². The second kappa shape index (κ2) is 5.91. The smallest absolute Gasteiger partial charge is 0.256 e. The van der Waals surface area contributed by atoms with Gasteiger partial charge in [0.05, 0.1) is 5.56 Å². The number of carbonyl (C=O) groups excluding carboxylic acids is 1. The fourth-order valence-electron chi connectivity index (χ4n) is 2.09. The maximum absolute atomic E-state index is 12.4. The fraction of sp³-hybridized carbons (Fsp3) is 0.615. The largest absolute Gasteiger partial charge is 0.338 e. The van der Waals surface area contributed by atoms with Gasteiger partial charge in [0, 0.05) is 34.7 Å². The second-order valence-electron chi connectivity index (χ2n) is 4.29. The first-order valence-electron chi connectivity index (χ1n) is 6.30. The van der Waals surface area contributed by atoms with Crippen LogP contribution >= 0.6 is 23.1 Å². The molecule has 0 saturated carbocycles. The fourth-order valence-corrected chi connectivity index (χ4v) is 4.24. The third-order valence-corrected chi connectivity index (χ3v) is 5.34. The SMILES string of the molecule is CCCSc1csc2c1C(=O)N(CCC)CC2. The van der Waals surface area contributed by atoms with Crippen molar-refractivity contribution in [2.45, 2.75) is 38.0 Å². The molecule has 4 heteroatoms. The van der Waals surface area contributed by atoms with Crippen LogP contribution in [0.1, 0.15) is 41.9 Å². The van der Waals surface area contributed by atoms with Gasteiger partial charge < -0.3 is 4.90 Å². The summed E-state index contributed by atoms with van der Waals surface area (Å²) in [5, 5.41) is 2.17. The van der Waals surface area contributed by atoms with Gasteiger partial charge in [0.2, 0.25) is 0 Å². The zero-order valence-electron chi connectivity index (χ0n) is 10.5. The van der Waals surface area contributed by atoms with E-state index >= 15 is 0 Å². The van der Waals surface area contributed by atoms with Gasteiger partial charge in [0.15, 0.2) is 0 Å². The van der Waals surface area contributed by atoms with Crippen molar-refractivity contribution in [3.05, 3.63) is 15.8 Å². The molecule has 2 heterocycles. The minimum atomic E-state index is 0.257. The lowest BCUT2D eigenvalue weighted by atomic mass is 10.1. The summed E-state index contributed by atoms with van der Waals surface area (Å²) < 4.78 is 0. The summed E-state index contributed by atoms with van der Waals surface area (Å²) in [7, 11) is 0. The van der Waals surface area contributed by atoms with Crippen molar-refractivity contribution in [3.8, 4) is 0 Å². The molecule has 0 spiro atoms. The van der Waals surface area contributed by atoms with E-state index < -0.39 is 0 Å². The summed E-state index contributed by atoms with van der Waals surface area (Å²) in [6.45, 7) is 6.10. The first-order chi connectivity index (χ1) is 8.27. The molecule has 1 aliphatic heterocycles. The van der Waals surface area contributed by atoms with Crippen molar-refractivity contribution >= 4 is 29.0 Å². The lowest BCUT2D eigenvalue weighted by Crippen LogP contribution is -2.37. The second-order valence-corrected chi connectivity index (χ2v) is 6.39. The van der Waals surface area contributed by atoms with Gasteiger partial charge in [0.25, 0.3) is 5.91 Å². The average molecular weight is 269 g/mol. The van der Waals surface area contributed by atoms with Crippen molar-refractivity contribution in [2.75, 3.05) is 18.8 Å². The number of rotatable bonds is 5. The van der Waals surface area contributed by atoms with Crippen molar-refractivity contribution in [3.63, 3.8) is 0 Å². The Hall–Kier alpha value is -0.480. The number of thiophene rings is 1. The Morgan fingerprint density at radius 3 is 2.94 bits per heavy atom. The summed E-state index contributed by atoms with van der Waals surface area (Å²) in [5.74, 6) is 1.36. The zero-order valence-corrected chi connectivity index (χ0v) is 12.1. The van der Waals surface area contributed by atoms with Gasteiger partial charge in [-0.25, -0.2) is 0 Å². The van der Waals surface area contributed by atoms with Crippen LogP contribution < -0.4 is 0 Å². The standard InChI is InChI=1S/C13H19NOS2/c1-3-6-14-7-5-10-12(13(14)15)11(9-17-10)16-8-4-2/h9H,3-8H2,1-2H3. The lowest BCUT2D eigenvalue weighted by Gasteiger charge is -2.27. The van der Waals surface area contributed by atoms with Crippen LogP contribution in [0.25, 0.3) is 0 Å². The molecule has 2 nitrogen and oxygen atoms in total. The average Bonchev–Trinajstić information content (AvgIpc) is 2.74. The van der Waals surface area contributed by atoms with E-state index in [0.717, 1.165) is 43.7 Å². The van der Waals surface area contributed by atoms with Gasteiger partial charge in [-0.2, -0.15) is 0 Å². The van der Waals surface area contributed by atoms with E-state index in [9.17, 15) is 4.79 Å². The van der Waals surface area contributed by atoms with Crippen LogP contribution in [-0.2, 0) is 6.42 Å². The molecule has 2 rings (SSSR count). The number of hydrogen-bond acceptors (Lipinski definition) is 3. The molecule has 1 amide bonds. The molecule has 0 aliphatic carbocycles. The molecule has 0 radical (unpaired) electrons. The maximum Gasteiger partial charge on any atom is 0.256 e. The van der Waals surface area contributed by atoms with Crippen LogP contribution in [0.3, 0.4) is 0 Å². The Labute approximate surface area is 111 Å². The molecule has 1 aliphatic rings. The zero-order chi connectivity index (χ0) is 12.3. The maximum atomic E-state index is 12.4. The molecule has 0 atom stereocenters. The third-order valence-electron chi connectivity index (χ3n) is 2.90. The van der Waals surface area contributed by atoms with E-state index in [2.05, 4.69) is 19.2 Å². The summed E-state index contributed by atoms with van der Waals surface area (Å²) in [6, 6.07) is 0. The molecule has 0 N–H and O–H groups in total. The Morgan fingerprint density at radius 2 is 2.24 bits per heavy atom. The van der Waals surface area contributed by atoms with Crippen LogP contribution in [0.5, 0.6) is 0 Å². The van der Waals surface area contributed by atoms with Gasteiger partial charge in [0.1, 0.15) is 0 Å². The lowest BCUT2D eigenvalue weighted by molar-refractivity contribution is 0.0738. The van der Waals surface area contributed by atoms with Crippen LogP contribution in [0, 0.1) is 0 Å². The molecular formula is C13H19NOS2. The highest BCUT2D eigenvalue weighted by Gasteiger charge is 2.27. The third kappa shape index (κ3) is 2.68. The molecule has 17 heavy (non-hydrogen) atoms. The Bertz CT molecular complexity index is 400. The molecule has 0 bridgehead atoms. The van der Waals surface area contributed by atoms with Crippen LogP contribution in [0.2, 0.25) is 0 Å². The minimum absolute atomic E-state index is 0.257. The van der Waals surface area contributed by atoms with Gasteiger partial charge in [-0.05, 0) is 18.6 Å². The molecule has 1 aromatic heterocycles. The molecular weight excluding hydrogens is 250 g/mol. The quantitative estimate of drug-likeness (QED) is 0.760. The van der Waals surface area contributed by atoms with E-state index in [-0.39, 0.29) is 5.91 Å². The normalized spacial score (nSPS) is 15.2. The molecule has 94 valence electrons. The van der Waals surface area contributed by atoms with Crippen LogP contribution in [0.15, 0.2) is 10.3 Å². The first kappa shape index (κ1) is 13.0. The number of carbonyl (C=O) groups is 1. The highest BCUT2D eigenvalue weighted by Crippen LogP contribution is 2.35. The summed E-state index contributed by atoms with van der Waals surface area (Å²) in [6.07, 6.45) is 3.24. The molecule has 0 aromatic carbocycles. The molecule has 1 aromatic rings. The highest BCUT2D eigenvalue weighted by molar-refractivity contribution is 7.99. The minimum Gasteiger partial charge on any atom is -0.338 e. The topological polar surface area (TPSA) is 20.3 Å². The Morgan fingerprint density at radius 1 is 1.41 bits per heavy atom. The van der Waals surface area contributed by atoms with Crippen molar-refractivity contribution in [2.24, 2.45) is 0 Å². The van der Waals surface area contributed by atoms with Gasteiger partial charge in [-0.3, -0.25) is 4.79 Å². The molecule has 0 fully saturated rings. The first-order valence-corrected chi connectivity index (χ1v) is 8.16. The van der Waals surface area contributed by atoms with E-state index in [1.165, 1.54) is 9.77 Å². The van der Waals surface area contributed by atoms with Gasteiger partial charge in [-0.1, -0.05) is 13.8 Å². The van der Waals surface area contributed by atoms with Gasteiger partial charge >= 0.3 is 0 Å². The predicted molar refractivity (Wildman–Crippen MR) is 75.2 cm³/mol. The number of hydrogen-bond donors (Lipinski definition) is 0. The summed E-state index contributed by atoms with van der Waals surface area (Å²) in [4.78, 5) is 16.9.